The minimum Gasteiger partial charge on any atom is -0.365 e. The first kappa shape index (κ1) is 18.4. The first-order valence-electron chi connectivity index (χ1n) is 9.36. The highest BCUT2D eigenvalue weighted by Crippen LogP contribution is 2.39. The predicted molar refractivity (Wildman–Crippen MR) is 105 cm³/mol. The average molecular weight is 358 g/mol. The standard InChI is InChI=1S/C22H27NO.ClH/c1-2-23-19-13-14-20(23)16-21(15-19)24-22(17-9-5-3-6-10-17)18-11-7-4-8-12-18;/h3-12,19-22H,2,13-16H2,1H3;1H/t19-,20+,21?;. The Balaban J connectivity index is 0.00000182. The second kappa shape index (κ2) is 8.35. The topological polar surface area (TPSA) is 12.5 Å². The van der Waals surface area contributed by atoms with Gasteiger partial charge in [-0.25, -0.2) is 0 Å². The first-order chi connectivity index (χ1) is 11.8. The smallest absolute Gasteiger partial charge is 0.108 e. The molecule has 2 saturated heterocycles. The molecule has 134 valence electrons. The summed E-state index contributed by atoms with van der Waals surface area (Å²) >= 11 is 0. The lowest BCUT2D eigenvalue weighted by Crippen LogP contribution is -2.45. The highest BCUT2D eigenvalue weighted by atomic mass is 35.5. The van der Waals surface area contributed by atoms with Gasteiger partial charge in [0.25, 0.3) is 0 Å². The number of halogens is 1. The van der Waals surface area contributed by atoms with Gasteiger partial charge in [-0.2, -0.15) is 0 Å². The van der Waals surface area contributed by atoms with Crippen LogP contribution in [0.1, 0.15) is 49.8 Å². The fourth-order valence-corrected chi connectivity index (χ4v) is 4.65. The van der Waals surface area contributed by atoms with Crippen LogP contribution in [0.2, 0.25) is 0 Å². The molecule has 4 rings (SSSR count). The van der Waals surface area contributed by atoms with Crippen LogP contribution in [0.5, 0.6) is 0 Å². The molecular formula is C22H28ClNO. The molecule has 0 N–H and O–H groups in total. The van der Waals surface area contributed by atoms with E-state index in [1.807, 2.05) is 0 Å². The maximum Gasteiger partial charge on any atom is 0.108 e. The second-order valence-electron chi connectivity index (χ2n) is 7.15. The van der Waals surface area contributed by atoms with E-state index in [0.717, 1.165) is 12.1 Å². The van der Waals surface area contributed by atoms with Gasteiger partial charge in [0.05, 0.1) is 6.10 Å². The van der Waals surface area contributed by atoms with Gasteiger partial charge in [-0.15, -0.1) is 12.4 Å². The van der Waals surface area contributed by atoms with E-state index in [-0.39, 0.29) is 18.5 Å². The van der Waals surface area contributed by atoms with Gasteiger partial charge in [0.15, 0.2) is 0 Å². The lowest BCUT2D eigenvalue weighted by atomic mass is 9.97. The second-order valence-corrected chi connectivity index (χ2v) is 7.15. The van der Waals surface area contributed by atoms with Crippen LogP contribution >= 0.6 is 12.4 Å². The molecule has 0 saturated carbocycles. The van der Waals surface area contributed by atoms with Gasteiger partial charge < -0.3 is 4.74 Å². The van der Waals surface area contributed by atoms with E-state index >= 15 is 0 Å². The quantitative estimate of drug-likeness (QED) is 0.726. The summed E-state index contributed by atoms with van der Waals surface area (Å²) in [5, 5.41) is 0. The van der Waals surface area contributed by atoms with Gasteiger partial charge in [-0.1, -0.05) is 67.6 Å². The highest BCUT2D eigenvalue weighted by molar-refractivity contribution is 5.85. The third kappa shape index (κ3) is 3.92. The zero-order valence-corrected chi connectivity index (χ0v) is 15.7. The number of fused-ring (bicyclic) bond motifs is 2. The van der Waals surface area contributed by atoms with Crippen molar-refractivity contribution in [2.75, 3.05) is 6.54 Å². The molecule has 2 fully saturated rings. The maximum absolute atomic E-state index is 6.71. The van der Waals surface area contributed by atoms with Crippen LogP contribution in [0.25, 0.3) is 0 Å². The lowest BCUT2D eigenvalue weighted by Gasteiger charge is -2.39. The van der Waals surface area contributed by atoms with Crippen molar-refractivity contribution in [3.63, 3.8) is 0 Å². The number of ether oxygens (including phenoxy) is 1. The monoisotopic (exact) mass is 357 g/mol. The molecule has 2 aromatic rings. The Hall–Kier alpha value is -1.35. The summed E-state index contributed by atoms with van der Waals surface area (Å²) in [7, 11) is 0. The molecule has 2 aliphatic heterocycles. The van der Waals surface area contributed by atoms with Crippen molar-refractivity contribution in [2.24, 2.45) is 0 Å². The summed E-state index contributed by atoms with van der Waals surface area (Å²) in [6.45, 7) is 3.48. The van der Waals surface area contributed by atoms with Gasteiger partial charge in [0.2, 0.25) is 0 Å². The summed E-state index contributed by atoms with van der Waals surface area (Å²) < 4.78 is 6.71. The average Bonchev–Trinajstić information content (AvgIpc) is 2.90. The van der Waals surface area contributed by atoms with E-state index in [1.54, 1.807) is 0 Å². The molecule has 0 aliphatic carbocycles. The molecule has 2 bridgehead atoms. The SMILES string of the molecule is CCN1[C@@H]2CC[C@H]1CC(OC(c1ccccc1)c1ccccc1)C2.Cl. The van der Waals surface area contributed by atoms with Crippen molar-refractivity contribution < 1.29 is 4.74 Å². The van der Waals surface area contributed by atoms with Crippen LogP contribution < -0.4 is 0 Å². The molecule has 25 heavy (non-hydrogen) atoms. The third-order valence-electron chi connectivity index (χ3n) is 5.74. The normalized spacial score (nSPS) is 25.8. The molecular weight excluding hydrogens is 330 g/mol. The van der Waals surface area contributed by atoms with Crippen molar-refractivity contribution >= 4 is 12.4 Å². The molecule has 2 aliphatic rings. The van der Waals surface area contributed by atoms with Crippen LogP contribution in [0, 0.1) is 0 Å². The molecule has 0 spiro atoms. The van der Waals surface area contributed by atoms with Gasteiger partial charge >= 0.3 is 0 Å². The van der Waals surface area contributed by atoms with Crippen LogP contribution in [0.4, 0.5) is 0 Å². The molecule has 0 aromatic heterocycles. The van der Waals surface area contributed by atoms with Crippen molar-refractivity contribution in [2.45, 2.75) is 56.9 Å². The van der Waals surface area contributed by atoms with Crippen molar-refractivity contribution in [1.82, 2.24) is 4.90 Å². The lowest BCUT2D eigenvalue weighted by molar-refractivity contribution is -0.0470. The van der Waals surface area contributed by atoms with Crippen LogP contribution in [-0.2, 0) is 4.74 Å². The fraction of sp³-hybridized carbons (Fsp3) is 0.455. The zero-order valence-electron chi connectivity index (χ0n) is 14.9. The Bertz CT molecular complexity index is 594. The Morgan fingerprint density at radius 3 is 1.80 bits per heavy atom. The van der Waals surface area contributed by atoms with Crippen LogP contribution in [0.3, 0.4) is 0 Å². The fourth-order valence-electron chi connectivity index (χ4n) is 4.65. The minimum absolute atomic E-state index is 0. The Kier molecular flexibility index (Phi) is 6.16. The Morgan fingerprint density at radius 2 is 1.36 bits per heavy atom. The number of hydrogen-bond donors (Lipinski definition) is 0. The number of rotatable bonds is 5. The summed E-state index contributed by atoms with van der Waals surface area (Å²) in [4.78, 5) is 2.69. The van der Waals surface area contributed by atoms with Gasteiger partial charge in [0, 0.05) is 12.1 Å². The zero-order chi connectivity index (χ0) is 16.4. The molecule has 2 heterocycles. The largest absolute Gasteiger partial charge is 0.365 e. The summed E-state index contributed by atoms with van der Waals surface area (Å²) in [5.41, 5.74) is 2.52. The van der Waals surface area contributed by atoms with E-state index in [4.69, 9.17) is 4.74 Å². The Morgan fingerprint density at radius 1 is 0.880 bits per heavy atom. The van der Waals surface area contributed by atoms with Gasteiger partial charge in [0.1, 0.15) is 6.10 Å². The van der Waals surface area contributed by atoms with Gasteiger partial charge in [-0.05, 0) is 43.4 Å². The molecule has 2 aromatic carbocycles. The molecule has 0 amide bonds. The van der Waals surface area contributed by atoms with E-state index in [0.29, 0.717) is 6.10 Å². The molecule has 1 unspecified atom stereocenters. The van der Waals surface area contributed by atoms with E-state index in [1.165, 1.54) is 43.4 Å². The van der Waals surface area contributed by atoms with E-state index < -0.39 is 0 Å². The first-order valence-corrected chi connectivity index (χ1v) is 9.36. The molecule has 0 radical (unpaired) electrons. The minimum atomic E-state index is 0. The van der Waals surface area contributed by atoms with Crippen LogP contribution in [0.15, 0.2) is 60.7 Å². The van der Waals surface area contributed by atoms with E-state index in [9.17, 15) is 0 Å². The Labute approximate surface area is 157 Å². The predicted octanol–water partition coefficient (Wildman–Crippen LogP) is 5.23. The van der Waals surface area contributed by atoms with Crippen molar-refractivity contribution in [3.05, 3.63) is 71.8 Å². The molecule has 3 atom stereocenters. The molecule has 3 heteroatoms. The number of nitrogens with zero attached hydrogens (tertiary/aromatic N) is 1. The number of hydrogen-bond acceptors (Lipinski definition) is 2. The van der Waals surface area contributed by atoms with Crippen molar-refractivity contribution in [1.29, 1.82) is 0 Å². The summed E-state index contributed by atoms with van der Waals surface area (Å²) in [6, 6.07) is 22.8. The van der Waals surface area contributed by atoms with E-state index in [2.05, 4.69) is 72.5 Å². The number of piperidine rings is 1. The highest BCUT2D eigenvalue weighted by Gasteiger charge is 2.40. The maximum atomic E-state index is 6.71. The van der Waals surface area contributed by atoms with Gasteiger partial charge in [-0.3, -0.25) is 4.90 Å². The number of benzene rings is 2. The summed E-state index contributed by atoms with van der Waals surface area (Å²) in [6.07, 6.45) is 5.47. The van der Waals surface area contributed by atoms with Crippen LogP contribution in [-0.4, -0.2) is 29.6 Å². The summed E-state index contributed by atoms with van der Waals surface area (Å²) in [5.74, 6) is 0. The molecule has 2 nitrogen and oxygen atoms in total. The van der Waals surface area contributed by atoms with Crippen molar-refractivity contribution in [3.8, 4) is 0 Å². The third-order valence-corrected chi connectivity index (χ3v) is 5.74.